The second-order valence-corrected chi connectivity index (χ2v) is 9.03. The summed E-state index contributed by atoms with van der Waals surface area (Å²) in [5.41, 5.74) is 1.03. The number of benzene rings is 2. The molecular formula is C24H27ClN2O4S. The summed E-state index contributed by atoms with van der Waals surface area (Å²) in [7, 11) is 0. The smallest absolute Gasteiger partial charge is 0.262 e. The number of ketones is 1. The molecule has 0 atom stereocenters. The predicted octanol–water partition coefficient (Wildman–Crippen LogP) is 5.24. The van der Waals surface area contributed by atoms with E-state index in [4.69, 9.17) is 26.1 Å². The van der Waals surface area contributed by atoms with E-state index in [0.29, 0.717) is 64.3 Å². The first-order chi connectivity index (χ1) is 15.4. The summed E-state index contributed by atoms with van der Waals surface area (Å²) in [4.78, 5) is 29.6. The first-order valence-electron chi connectivity index (χ1n) is 10.5. The van der Waals surface area contributed by atoms with Crippen LogP contribution in [0.5, 0.6) is 5.75 Å². The predicted molar refractivity (Wildman–Crippen MR) is 129 cm³/mol. The molecule has 0 N–H and O–H groups in total. The van der Waals surface area contributed by atoms with Crippen LogP contribution in [0.25, 0.3) is 10.9 Å². The molecule has 6 nitrogen and oxygen atoms in total. The molecule has 2 aromatic carbocycles. The summed E-state index contributed by atoms with van der Waals surface area (Å²) in [6.45, 7) is 6.93. The van der Waals surface area contributed by atoms with Crippen LogP contribution in [0.1, 0.15) is 37.6 Å². The number of carbonyl (C=O) groups excluding carboxylic acids is 1. The Hall–Kier alpha value is -2.35. The molecule has 0 saturated carbocycles. The van der Waals surface area contributed by atoms with Gasteiger partial charge in [-0.15, -0.1) is 0 Å². The standard InChI is InChI=1S/C24H27ClN2O4S/c1-16(2)30-12-6-11-27-23(29)20-10-9-18(25)15-21(20)26-24(27)32-14-13-31-22-8-5-4-7-19(22)17(3)28/h4-5,7-10,15-16H,6,11-14H2,1-3H3. The Morgan fingerprint density at radius 1 is 1.19 bits per heavy atom. The molecule has 0 amide bonds. The molecule has 1 aromatic heterocycles. The van der Waals surface area contributed by atoms with Gasteiger partial charge in [-0.3, -0.25) is 14.2 Å². The van der Waals surface area contributed by atoms with Gasteiger partial charge >= 0.3 is 0 Å². The number of aromatic nitrogens is 2. The monoisotopic (exact) mass is 474 g/mol. The van der Waals surface area contributed by atoms with E-state index >= 15 is 0 Å². The Kier molecular flexibility index (Phi) is 8.73. The number of para-hydroxylation sites is 1. The van der Waals surface area contributed by atoms with Crippen molar-refractivity contribution in [1.29, 1.82) is 0 Å². The van der Waals surface area contributed by atoms with Crippen LogP contribution in [-0.2, 0) is 11.3 Å². The fourth-order valence-corrected chi connectivity index (χ4v) is 4.20. The Labute approximate surface area is 196 Å². The van der Waals surface area contributed by atoms with Gasteiger partial charge in [0.05, 0.1) is 29.2 Å². The third-order valence-corrected chi connectivity index (χ3v) is 5.87. The van der Waals surface area contributed by atoms with Gasteiger partial charge in [0.1, 0.15) is 5.75 Å². The van der Waals surface area contributed by atoms with Gasteiger partial charge in [-0.1, -0.05) is 35.5 Å². The van der Waals surface area contributed by atoms with Gasteiger partial charge in [-0.05, 0) is 57.5 Å². The molecule has 0 aliphatic rings. The topological polar surface area (TPSA) is 70.4 Å². The van der Waals surface area contributed by atoms with Crippen molar-refractivity contribution in [3.05, 3.63) is 63.4 Å². The fraction of sp³-hybridized carbons (Fsp3) is 0.375. The minimum Gasteiger partial charge on any atom is -0.492 e. The Bertz CT molecular complexity index is 1150. The maximum Gasteiger partial charge on any atom is 0.262 e. The summed E-state index contributed by atoms with van der Waals surface area (Å²) >= 11 is 7.55. The van der Waals surface area contributed by atoms with Gasteiger partial charge < -0.3 is 9.47 Å². The molecule has 3 rings (SSSR count). The zero-order valence-corrected chi connectivity index (χ0v) is 20.0. The highest BCUT2D eigenvalue weighted by atomic mass is 35.5. The quantitative estimate of drug-likeness (QED) is 0.164. The average molecular weight is 475 g/mol. The lowest BCUT2D eigenvalue weighted by molar-refractivity contribution is 0.0743. The summed E-state index contributed by atoms with van der Waals surface area (Å²) in [6, 6.07) is 12.3. The Balaban J connectivity index is 1.75. The lowest BCUT2D eigenvalue weighted by Gasteiger charge is -2.14. The van der Waals surface area contributed by atoms with Crippen molar-refractivity contribution in [3.8, 4) is 5.75 Å². The first-order valence-corrected chi connectivity index (χ1v) is 11.9. The molecule has 0 radical (unpaired) electrons. The van der Waals surface area contributed by atoms with Crippen molar-refractivity contribution < 1.29 is 14.3 Å². The molecule has 1 heterocycles. The average Bonchev–Trinajstić information content (AvgIpc) is 2.75. The zero-order chi connectivity index (χ0) is 23.1. The van der Waals surface area contributed by atoms with Crippen molar-refractivity contribution in [2.75, 3.05) is 19.0 Å². The van der Waals surface area contributed by atoms with Gasteiger partial charge in [-0.2, -0.15) is 0 Å². The van der Waals surface area contributed by atoms with Crippen LogP contribution in [0.4, 0.5) is 0 Å². The van der Waals surface area contributed by atoms with Gasteiger partial charge in [0.25, 0.3) is 5.56 Å². The van der Waals surface area contributed by atoms with Gasteiger partial charge in [0, 0.05) is 23.9 Å². The largest absolute Gasteiger partial charge is 0.492 e. The maximum atomic E-state index is 13.1. The number of rotatable bonds is 11. The first kappa shape index (κ1) is 24.3. The van der Waals surface area contributed by atoms with E-state index in [1.807, 2.05) is 26.0 Å². The van der Waals surface area contributed by atoms with E-state index in [2.05, 4.69) is 0 Å². The fourth-order valence-electron chi connectivity index (χ4n) is 3.19. The Morgan fingerprint density at radius 2 is 1.97 bits per heavy atom. The number of fused-ring (bicyclic) bond motifs is 1. The SMILES string of the molecule is CC(=O)c1ccccc1OCCSc1nc2cc(Cl)ccc2c(=O)n1CCCOC(C)C. The van der Waals surface area contributed by atoms with E-state index in [-0.39, 0.29) is 17.4 Å². The van der Waals surface area contributed by atoms with Gasteiger partial charge in [-0.25, -0.2) is 4.98 Å². The van der Waals surface area contributed by atoms with Crippen molar-refractivity contribution in [3.63, 3.8) is 0 Å². The second kappa shape index (κ2) is 11.5. The van der Waals surface area contributed by atoms with Crippen LogP contribution in [-0.4, -0.2) is 40.4 Å². The highest BCUT2D eigenvalue weighted by Crippen LogP contribution is 2.22. The van der Waals surface area contributed by atoms with Crippen LogP contribution in [0.15, 0.2) is 52.4 Å². The summed E-state index contributed by atoms with van der Waals surface area (Å²) < 4.78 is 13.1. The number of carbonyl (C=O) groups is 1. The molecule has 0 aliphatic carbocycles. The third kappa shape index (κ3) is 6.34. The molecule has 0 unspecified atom stereocenters. The van der Waals surface area contributed by atoms with E-state index < -0.39 is 0 Å². The number of Topliss-reactive ketones (excluding diaryl/α,β-unsaturated/α-hetero) is 1. The summed E-state index contributed by atoms with van der Waals surface area (Å²) in [5, 5.41) is 1.68. The number of hydrogen-bond donors (Lipinski definition) is 0. The lowest BCUT2D eigenvalue weighted by Crippen LogP contribution is -2.24. The number of halogens is 1. The highest BCUT2D eigenvalue weighted by molar-refractivity contribution is 7.99. The number of nitrogens with zero attached hydrogens (tertiary/aromatic N) is 2. The highest BCUT2D eigenvalue weighted by Gasteiger charge is 2.13. The molecule has 32 heavy (non-hydrogen) atoms. The van der Waals surface area contributed by atoms with Crippen molar-refractivity contribution in [1.82, 2.24) is 9.55 Å². The van der Waals surface area contributed by atoms with Crippen molar-refractivity contribution >= 4 is 40.0 Å². The van der Waals surface area contributed by atoms with E-state index in [1.165, 1.54) is 18.7 Å². The molecule has 0 saturated heterocycles. The minimum atomic E-state index is -0.0958. The molecule has 0 bridgehead atoms. The third-order valence-electron chi connectivity index (χ3n) is 4.70. The number of ether oxygens (including phenoxy) is 2. The summed E-state index contributed by atoms with van der Waals surface area (Å²) in [5.74, 6) is 1.08. The number of thioether (sulfide) groups is 1. The second-order valence-electron chi connectivity index (χ2n) is 7.54. The maximum absolute atomic E-state index is 13.1. The van der Waals surface area contributed by atoms with E-state index in [0.717, 1.165) is 0 Å². The molecular weight excluding hydrogens is 448 g/mol. The molecule has 170 valence electrons. The van der Waals surface area contributed by atoms with Gasteiger partial charge in [0.2, 0.25) is 0 Å². The van der Waals surface area contributed by atoms with E-state index in [9.17, 15) is 9.59 Å². The molecule has 0 fully saturated rings. The van der Waals surface area contributed by atoms with Gasteiger partial charge in [0.15, 0.2) is 10.9 Å². The molecule has 0 spiro atoms. The van der Waals surface area contributed by atoms with Crippen LogP contribution in [0.2, 0.25) is 5.02 Å². The number of hydrogen-bond acceptors (Lipinski definition) is 6. The van der Waals surface area contributed by atoms with E-state index in [1.54, 1.807) is 34.9 Å². The van der Waals surface area contributed by atoms with Crippen LogP contribution < -0.4 is 10.3 Å². The Morgan fingerprint density at radius 3 is 2.72 bits per heavy atom. The molecule has 3 aromatic rings. The molecule has 8 heteroatoms. The molecule has 0 aliphatic heterocycles. The lowest BCUT2D eigenvalue weighted by atomic mass is 10.1. The zero-order valence-electron chi connectivity index (χ0n) is 18.5. The van der Waals surface area contributed by atoms with Crippen molar-refractivity contribution in [2.45, 2.75) is 45.0 Å². The van der Waals surface area contributed by atoms with Crippen LogP contribution in [0, 0.1) is 0 Å². The van der Waals surface area contributed by atoms with Crippen LogP contribution in [0.3, 0.4) is 0 Å². The van der Waals surface area contributed by atoms with Crippen LogP contribution >= 0.6 is 23.4 Å². The summed E-state index contributed by atoms with van der Waals surface area (Å²) in [6.07, 6.45) is 0.849. The van der Waals surface area contributed by atoms with Crippen molar-refractivity contribution in [2.24, 2.45) is 0 Å². The normalized spacial score (nSPS) is 11.3. The minimum absolute atomic E-state index is 0.0428.